The molecule has 0 unspecified atom stereocenters. The Morgan fingerprint density at radius 3 is 2.48 bits per heavy atom. The van der Waals surface area contributed by atoms with E-state index in [0.717, 1.165) is 22.3 Å². The lowest BCUT2D eigenvalue weighted by molar-refractivity contribution is 0.102. The minimum absolute atomic E-state index is 0.159. The van der Waals surface area contributed by atoms with Crippen LogP contribution in [-0.4, -0.2) is 20.9 Å². The molecule has 2 heterocycles. The molecule has 122 valence electrons. The summed E-state index contributed by atoms with van der Waals surface area (Å²) in [6, 6.07) is 16.7. The lowest BCUT2D eigenvalue weighted by Crippen LogP contribution is -2.11. The van der Waals surface area contributed by atoms with Crippen molar-refractivity contribution in [3.8, 4) is 0 Å². The van der Waals surface area contributed by atoms with E-state index >= 15 is 0 Å². The Labute approximate surface area is 144 Å². The summed E-state index contributed by atoms with van der Waals surface area (Å²) in [5.41, 5.74) is 3.13. The van der Waals surface area contributed by atoms with Crippen molar-refractivity contribution in [3.63, 3.8) is 0 Å². The number of hydrogen-bond acceptors (Lipinski definition) is 4. The van der Waals surface area contributed by atoms with E-state index in [4.69, 9.17) is 0 Å². The lowest BCUT2D eigenvalue weighted by Gasteiger charge is -2.07. The predicted molar refractivity (Wildman–Crippen MR) is 98.0 cm³/mol. The van der Waals surface area contributed by atoms with E-state index in [1.54, 1.807) is 30.6 Å². The maximum atomic E-state index is 12.4. The molecule has 4 aromatic rings. The number of aromatic amines is 1. The summed E-state index contributed by atoms with van der Waals surface area (Å²) in [5.74, 6) is 0.354. The molecule has 0 spiro atoms. The molecule has 0 fully saturated rings. The monoisotopic (exact) mass is 329 g/mol. The Morgan fingerprint density at radius 2 is 1.68 bits per heavy atom. The van der Waals surface area contributed by atoms with E-state index in [1.807, 2.05) is 42.6 Å². The fourth-order valence-electron chi connectivity index (χ4n) is 2.53. The van der Waals surface area contributed by atoms with Gasteiger partial charge in [-0.15, -0.1) is 0 Å². The van der Waals surface area contributed by atoms with Crippen LogP contribution in [0.1, 0.15) is 10.4 Å². The number of rotatable bonds is 4. The molecule has 0 atom stereocenters. The first-order valence-corrected chi connectivity index (χ1v) is 7.80. The van der Waals surface area contributed by atoms with Crippen LogP contribution in [0.3, 0.4) is 0 Å². The number of nitrogens with one attached hydrogen (secondary N) is 3. The van der Waals surface area contributed by atoms with Gasteiger partial charge in [-0.25, -0.2) is 9.97 Å². The first-order chi connectivity index (χ1) is 12.3. The van der Waals surface area contributed by atoms with E-state index in [2.05, 4.69) is 25.6 Å². The highest BCUT2D eigenvalue weighted by atomic mass is 16.1. The van der Waals surface area contributed by atoms with Crippen LogP contribution in [0.25, 0.3) is 10.9 Å². The zero-order valence-electron chi connectivity index (χ0n) is 13.2. The number of nitrogens with zero attached hydrogens (tertiary/aromatic N) is 2. The average Bonchev–Trinajstić information content (AvgIpc) is 3.11. The predicted octanol–water partition coefficient (Wildman–Crippen LogP) is 3.95. The van der Waals surface area contributed by atoms with Crippen molar-refractivity contribution in [3.05, 3.63) is 78.8 Å². The summed E-state index contributed by atoms with van der Waals surface area (Å²) >= 11 is 0. The van der Waals surface area contributed by atoms with Crippen molar-refractivity contribution < 1.29 is 4.79 Å². The molecule has 6 nitrogen and oxygen atoms in total. The van der Waals surface area contributed by atoms with Crippen LogP contribution < -0.4 is 10.6 Å². The van der Waals surface area contributed by atoms with E-state index < -0.39 is 0 Å². The van der Waals surface area contributed by atoms with Crippen LogP contribution in [0.4, 0.5) is 17.3 Å². The number of carbonyl (C=O) groups is 1. The SMILES string of the molecule is O=C(Nc1ccc2cc[nH]c2c1)c1ccc(Nc2ncccn2)cc1. The largest absolute Gasteiger partial charge is 0.361 e. The molecule has 2 aromatic heterocycles. The Kier molecular flexibility index (Phi) is 3.84. The molecule has 6 heteroatoms. The second kappa shape index (κ2) is 6.45. The average molecular weight is 329 g/mol. The molecule has 2 aromatic carbocycles. The maximum Gasteiger partial charge on any atom is 0.255 e. The number of carbonyl (C=O) groups excluding carboxylic acids is 1. The maximum absolute atomic E-state index is 12.4. The van der Waals surface area contributed by atoms with Gasteiger partial charge >= 0.3 is 0 Å². The first kappa shape index (κ1) is 14.9. The number of anilines is 3. The molecule has 1 amide bonds. The third kappa shape index (κ3) is 3.32. The second-order valence-electron chi connectivity index (χ2n) is 5.51. The van der Waals surface area contributed by atoms with Crippen molar-refractivity contribution >= 4 is 34.1 Å². The number of fused-ring (bicyclic) bond motifs is 1. The van der Waals surface area contributed by atoms with Crippen LogP contribution >= 0.6 is 0 Å². The quantitative estimate of drug-likeness (QED) is 0.529. The highest BCUT2D eigenvalue weighted by Gasteiger charge is 2.07. The van der Waals surface area contributed by atoms with Crippen molar-refractivity contribution in [2.24, 2.45) is 0 Å². The number of H-pyrrole nitrogens is 1. The summed E-state index contributed by atoms with van der Waals surface area (Å²) in [7, 11) is 0. The van der Waals surface area contributed by atoms with Crippen LogP contribution in [-0.2, 0) is 0 Å². The lowest BCUT2D eigenvalue weighted by atomic mass is 10.2. The molecule has 0 bridgehead atoms. The van der Waals surface area contributed by atoms with Crippen LogP contribution in [0, 0.1) is 0 Å². The highest BCUT2D eigenvalue weighted by Crippen LogP contribution is 2.19. The first-order valence-electron chi connectivity index (χ1n) is 7.80. The molecule has 0 saturated carbocycles. The normalized spacial score (nSPS) is 10.6. The van der Waals surface area contributed by atoms with Crippen molar-refractivity contribution in [2.75, 3.05) is 10.6 Å². The van der Waals surface area contributed by atoms with E-state index in [1.165, 1.54) is 0 Å². The van der Waals surface area contributed by atoms with Gasteiger partial charge in [0.15, 0.2) is 0 Å². The molecular formula is C19H15N5O. The van der Waals surface area contributed by atoms with Gasteiger partial charge in [-0.3, -0.25) is 4.79 Å². The molecule has 0 saturated heterocycles. The Balaban J connectivity index is 1.46. The van der Waals surface area contributed by atoms with Gasteiger partial charge in [0, 0.05) is 41.0 Å². The molecule has 3 N–H and O–H groups in total. The van der Waals surface area contributed by atoms with Crippen LogP contribution in [0.2, 0.25) is 0 Å². The minimum atomic E-state index is -0.159. The third-order valence-corrected chi connectivity index (χ3v) is 3.78. The molecular weight excluding hydrogens is 314 g/mol. The van der Waals surface area contributed by atoms with E-state index in [0.29, 0.717) is 11.5 Å². The topological polar surface area (TPSA) is 82.7 Å². The van der Waals surface area contributed by atoms with Gasteiger partial charge < -0.3 is 15.6 Å². The fourth-order valence-corrected chi connectivity index (χ4v) is 2.53. The molecule has 4 rings (SSSR count). The van der Waals surface area contributed by atoms with Gasteiger partial charge in [-0.05, 0) is 53.9 Å². The Bertz CT molecular complexity index is 1010. The number of amides is 1. The fraction of sp³-hybridized carbons (Fsp3) is 0. The molecule has 0 aliphatic heterocycles. The van der Waals surface area contributed by atoms with Crippen LogP contribution in [0.5, 0.6) is 0 Å². The van der Waals surface area contributed by atoms with Crippen LogP contribution in [0.15, 0.2) is 73.2 Å². The standard InChI is InChI=1S/C19H15N5O/c25-18(23-16-7-2-13-8-11-20-17(13)12-16)14-3-5-15(6-4-14)24-19-21-9-1-10-22-19/h1-12,20H,(H,23,25)(H,21,22,24). The van der Waals surface area contributed by atoms with Gasteiger partial charge in [-0.1, -0.05) is 6.07 Å². The number of hydrogen-bond donors (Lipinski definition) is 3. The summed E-state index contributed by atoms with van der Waals surface area (Å²) < 4.78 is 0. The third-order valence-electron chi connectivity index (χ3n) is 3.78. The van der Waals surface area contributed by atoms with Gasteiger partial charge in [0.25, 0.3) is 5.91 Å². The zero-order valence-corrected chi connectivity index (χ0v) is 13.2. The molecule has 0 aliphatic carbocycles. The van der Waals surface area contributed by atoms with Gasteiger partial charge in [-0.2, -0.15) is 0 Å². The van der Waals surface area contributed by atoms with Gasteiger partial charge in [0.2, 0.25) is 5.95 Å². The molecule has 0 radical (unpaired) electrons. The molecule has 25 heavy (non-hydrogen) atoms. The van der Waals surface area contributed by atoms with Crippen molar-refractivity contribution in [1.29, 1.82) is 0 Å². The van der Waals surface area contributed by atoms with E-state index in [9.17, 15) is 4.79 Å². The highest BCUT2D eigenvalue weighted by molar-refractivity contribution is 6.05. The van der Waals surface area contributed by atoms with Crippen molar-refractivity contribution in [1.82, 2.24) is 15.0 Å². The van der Waals surface area contributed by atoms with Crippen molar-refractivity contribution in [2.45, 2.75) is 0 Å². The summed E-state index contributed by atoms with van der Waals surface area (Å²) in [4.78, 5) is 23.7. The Hall–Kier alpha value is -3.67. The zero-order chi connectivity index (χ0) is 17.1. The number of benzene rings is 2. The summed E-state index contributed by atoms with van der Waals surface area (Å²) in [6.45, 7) is 0. The van der Waals surface area contributed by atoms with Gasteiger partial charge in [0.1, 0.15) is 0 Å². The minimum Gasteiger partial charge on any atom is -0.361 e. The van der Waals surface area contributed by atoms with E-state index in [-0.39, 0.29) is 5.91 Å². The summed E-state index contributed by atoms with van der Waals surface area (Å²) in [5, 5.41) is 7.09. The summed E-state index contributed by atoms with van der Waals surface area (Å²) in [6.07, 6.45) is 5.20. The second-order valence-corrected chi connectivity index (χ2v) is 5.51. The molecule has 0 aliphatic rings. The smallest absolute Gasteiger partial charge is 0.255 e. The Morgan fingerprint density at radius 1 is 0.920 bits per heavy atom. The van der Waals surface area contributed by atoms with Gasteiger partial charge in [0.05, 0.1) is 0 Å². The number of aromatic nitrogens is 3.